The second kappa shape index (κ2) is 6.30. The van der Waals surface area contributed by atoms with E-state index >= 15 is 0 Å². The molecule has 0 rings (SSSR count). The van der Waals surface area contributed by atoms with E-state index in [-0.39, 0.29) is 6.54 Å². The molecule has 0 aromatic carbocycles. The van der Waals surface area contributed by atoms with Gasteiger partial charge in [0, 0.05) is 6.54 Å². The number of carbonyl (C=O) groups excluding carboxylic acids is 2. The minimum Gasteiger partial charge on any atom is -0.444 e. The fraction of sp³-hybridized carbons (Fsp3) is 0.800. The number of alkyl halides is 1. The number of halogens is 1. The number of rotatable bonds is 4. The molecule has 0 fully saturated rings. The summed E-state index contributed by atoms with van der Waals surface area (Å²) in [6.45, 7) is 5.98. The van der Waals surface area contributed by atoms with E-state index < -0.39 is 30.3 Å². The van der Waals surface area contributed by atoms with Crippen molar-refractivity contribution in [3.63, 3.8) is 0 Å². The highest BCUT2D eigenvalue weighted by molar-refractivity contribution is 5.85. The summed E-state index contributed by atoms with van der Waals surface area (Å²) in [6.07, 6.45) is -0.671. The monoisotopic (exact) mass is 234 g/mol. The molecule has 16 heavy (non-hydrogen) atoms. The van der Waals surface area contributed by atoms with Crippen LogP contribution in [0.4, 0.5) is 9.18 Å². The van der Waals surface area contributed by atoms with Gasteiger partial charge in [-0.2, -0.15) is 0 Å². The lowest BCUT2D eigenvalue weighted by Gasteiger charge is -2.21. The van der Waals surface area contributed by atoms with Gasteiger partial charge < -0.3 is 15.4 Å². The van der Waals surface area contributed by atoms with Gasteiger partial charge in [0.2, 0.25) is 5.91 Å². The molecule has 0 saturated heterocycles. The van der Waals surface area contributed by atoms with Gasteiger partial charge in [-0.1, -0.05) is 0 Å². The molecule has 6 heteroatoms. The van der Waals surface area contributed by atoms with Crippen LogP contribution in [0, 0.1) is 0 Å². The zero-order chi connectivity index (χ0) is 12.8. The number of amides is 2. The normalized spacial score (nSPS) is 12.8. The third-order valence-electron chi connectivity index (χ3n) is 1.52. The Bertz CT molecular complexity index is 251. The Kier molecular flexibility index (Phi) is 5.77. The molecule has 0 aromatic rings. The Morgan fingerprint density at radius 2 is 1.94 bits per heavy atom. The van der Waals surface area contributed by atoms with Gasteiger partial charge in [-0.05, 0) is 27.7 Å². The van der Waals surface area contributed by atoms with Crippen molar-refractivity contribution in [3.05, 3.63) is 0 Å². The molecule has 2 N–H and O–H groups in total. The first kappa shape index (κ1) is 14.7. The third kappa shape index (κ3) is 7.03. The van der Waals surface area contributed by atoms with Gasteiger partial charge in [-0.15, -0.1) is 0 Å². The van der Waals surface area contributed by atoms with Crippen LogP contribution in [0.3, 0.4) is 0 Å². The Labute approximate surface area is 94.7 Å². The number of ether oxygens (including phenoxy) is 1. The molecule has 1 unspecified atom stereocenters. The van der Waals surface area contributed by atoms with Crippen LogP contribution in [-0.2, 0) is 9.53 Å². The molecule has 0 bridgehead atoms. The van der Waals surface area contributed by atoms with Gasteiger partial charge in [-0.3, -0.25) is 4.79 Å². The number of carbonyl (C=O) groups is 2. The zero-order valence-corrected chi connectivity index (χ0v) is 10.1. The Morgan fingerprint density at radius 1 is 1.38 bits per heavy atom. The number of hydrogen-bond donors (Lipinski definition) is 2. The molecule has 0 heterocycles. The van der Waals surface area contributed by atoms with E-state index in [4.69, 9.17) is 4.74 Å². The SMILES string of the molecule is CC(NC(=O)OC(C)(C)C)C(=O)NCCF. The molecule has 94 valence electrons. The molecule has 2 amide bonds. The van der Waals surface area contributed by atoms with Crippen LogP contribution in [0.5, 0.6) is 0 Å². The van der Waals surface area contributed by atoms with Crippen molar-refractivity contribution in [3.8, 4) is 0 Å². The topological polar surface area (TPSA) is 67.4 Å². The van der Waals surface area contributed by atoms with Gasteiger partial charge in [0.1, 0.15) is 18.3 Å². The molecular weight excluding hydrogens is 215 g/mol. The highest BCUT2D eigenvalue weighted by Gasteiger charge is 2.20. The first-order chi connectivity index (χ1) is 7.26. The molecule has 5 nitrogen and oxygen atoms in total. The first-order valence-corrected chi connectivity index (χ1v) is 5.09. The van der Waals surface area contributed by atoms with E-state index in [2.05, 4.69) is 10.6 Å². The van der Waals surface area contributed by atoms with Crippen molar-refractivity contribution in [1.82, 2.24) is 10.6 Å². The predicted molar refractivity (Wildman–Crippen MR) is 57.8 cm³/mol. The van der Waals surface area contributed by atoms with E-state index in [1.54, 1.807) is 20.8 Å². The van der Waals surface area contributed by atoms with Crippen molar-refractivity contribution in [1.29, 1.82) is 0 Å². The number of hydrogen-bond acceptors (Lipinski definition) is 3. The first-order valence-electron chi connectivity index (χ1n) is 5.09. The zero-order valence-electron chi connectivity index (χ0n) is 10.1. The molecule has 0 spiro atoms. The maximum Gasteiger partial charge on any atom is 0.408 e. The van der Waals surface area contributed by atoms with E-state index in [0.717, 1.165) is 0 Å². The average Bonchev–Trinajstić information content (AvgIpc) is 2.10. The summed E-state index contributed by atoms with van der Waals surface area (Å²) in [5.41, 5.74) is -0.612. The third-order valence-corrected chi connectivity index (χ3v) is 1.52. The summed E-state index contributed by atoms with van der Waals surface area (Å²) in [6, 6.07) is -0.749. The molecule has 0 saturated carbocycles. The van der Waals surface area contributed by atoms with Gasteiger partial charge in [0.25, 0.3) is 0 Å². The number of nitrogens with one attached hydrogen (secondary N) is 2. The Morgan fingerprint density at radius 3 is 2.38 bits per heavy atom. The molecule has 0 radical (unpaired) electrons. The molecular formula is C10H19FN2O3. The van der Waals surface area contributed by atoms with Gasteiger partial charge in [0.15, 0.2) is 0 Å². The maximum absolute atomic E-state index is 11.8. The Balaban J connectivity index is 3.99. The molecule has 0 aliphatic carbocycles. The van der Waals surface area contributed by atoms with Crippen LogP contribution in [0.15, 0.2) is 0 Å². The van der Waals surface area contributed by atoms with Crippen LogP contribution < -0.4 is 10.6 Å². The van der Waals surface area contributed by atoms with E-state index in [1.165, 1.54) is 6.92 Å². The second-order valence-electron chi connectivity index (χ2n) is 4.35. The van der Waals surface area contributed by atoms with Crippen molar-refractivity contribution < 1.29 is 18.7 Å². The summed E-state index contributed by atoms with van der Waals surface area (Å²) in [5, 5.41) is 4.67. The predicted octanol–water partition coefficient (Wildman–Crippen LogP) is 0.985. The summed E-state index contributed by atoms with van der Waals surface area (Å²) in [7, 11) is 0. The fourth-order valence-corrected chi connectivity index (χ4v) is 0.873. The lowest BCUT2D eigenvalue weighted by atomic mass is 10.2. The van der Waals surface area contributed by atoms with Crippen LogP contribution >= 0.6 is 0 Å². The molecule has 0 aliphatic rings. The van der Waals surface area contributed by atoms with Gasteiger partial charge in [-0.25, -0.2) is 9.18 Å². The minimum absolute atomic E-state index is 0.0564. The highest BCUT2D eigenvalue weighted by Crippen LogP contribution is 2.06. The minimum atomic E-state index is -0.749. The average molecular weight is 234 g/mol. The smallest absolute Gasteiger partial charge is 0.408 e. The van der Waals surface area contributed by atoms with Crippen LogP contribution in [-0.4, -0.2) is 36.9 Å². The summed E-state index contributed by atoms with van der Waals surface area (Å²) >= 11 is 0. The molecule has 0 aromatic heterocycles. The van der Waals surface area contributed by atoms with Gasteiger partial charge in [0.05, 0.1) is 0 Å². The summed E-state index contributed by atoms with van der Waals surface area (Å²) < 4.78 is 16.7. The van der Waals surface area contributed by atoms with E-state index in [9.17, 15) is 14.0 Å². The molecule has 0 aliphatic heterocycles. The van der Waals surface area contributed by atoms with Gasteiger partial charge >= 0.3 is 6.09 Å². The van der Waals surface area contributed by atoms with Crippen molar-refractivity contribution >= 4 is 12.0 Å². The quantitative estimate of drug-likeness (QED) is 0.762. The second-order valence-corrected chi connectivity index (χ2v) is 4.35. The number of alkyl carbamates (subject to hydrolysis) is 1. The van der Waals surface area contributed by atoms with E-state index in [1.807, 2.05) is 0 Å². The van der Waals surface area contributed by atoms with Crippen LogP contribution in [0.1, 0.15) is 27.7 Å². The highest BCUT2D eigenvalue weighted by atomic mass is 19.1. The summed E-state index contributed by atoms with van der Waals surface area (Å²) in [4.78, 5) is 22.5. The van der Waals surface area contributed by atoms with Crippen LogP contribution in [0.2, 0.25) is 0 Å². The van der Waals surface area contributed by atoms with Crippen molar-refractivity contribution in [2.24, 2.45) is 0 Å². The van der Waals surface area contributed by atoms with E-state index in [0.29, 0.717) is 0 Å². The lowest BCUT2D eigenvalue weighted by molar-refractivity contribution is -0.122. The largest absolute Gasteiger partial charge is 0.444 e. The maximum atomic E-state index is 11.8. The van der Waals surface area contributed by atoms with Crippen molar-refractivity contribution in [2.75, 3.05) is 13.2 Å². The molecule has 1 atom stereocenters. The van der Waals surface area contributed by atoms with Crippen molar-refractivity contribution in [2.45, 2.75) is 39.3 Å². The fourth-order valence-electron chi connectivity index (χ4n) is 0.873. The van der Waals surface area contributed by atoms with Crippen LogP contribution in [0.25, 0.3) is 0 Å². The standard InChI is InChI=1S/C10H19FN2O3/c1-7(8(14)12-6-5-11)13-9(15)16-10(2,3)4/h7H,5-6H2,1-4H3,(H,12,14)(H,13,15). The Hall–Kier alpha value is -1.33. The summed E-state index contributed by atoms with van der Waals surface area (Å²) in [5.74, 6) is -0.441. The lowest BCUT2D eigenvalue weighted by Crippen LogP contribution is -2.46.